The van der Waals surface area contributed by atoms with Gasteiger partial charge in [0.25, 0.3) is 5.91 Å². The monoisotopic (exact) mass is 397 g/mol. The molecule has 29 heavy (non-hydrogen) atoms. The molecule has 6 nitrogen and oxygen atoms in total. The van der Waals surface area contributed by atoms with Crippen LogP contribution >= 0.6 is 0 Å². The quantitative estimate of drug-likeness (QED) is 0.515. The molecule has 1 atom stereocenters. The molecule has 2 aromatic carbocycles. The van der Waals surface area contributed by atoms with Crippen LogP contribution in [0, 0.1) is 13.8 Å². The van der Waals surface area contributed by atoms with Gasteiger partial charge in [-0.05, 0) is 61.7 Å². The van der Waals surface area contributed by atoms with E-state index in [0.29, 0.717) is 17.7 Å². The summed E-state index contributed by atoms with van der Waals surface area (Å²) in [4.78, 5) is 35.4. The molecule has 0 aliphatic carbocycles. The van der Waals surface area contributed by atoms with Crippen molar-refractivity contribution >= 4 is 17.7 Å². The first-order valence-electron chi connectivity index (χ1n) is 9.58. The molecular weight excluding hydrogens is 370 g/mol. The number of hydrogen-bond acceptors (Lipinski definition) is 5. The molecule has 0 fully saturated rings. The van der Waals surface area contributed by atoms with Crippen molar-refractivity contribution in [2.24, 2.45) is 0 Å². The van der Waals surface area contributed by atoms with Gasteiger partial charge in [-0.1, -0.05) is 25.1 Å². The predicted molar refractivity (Wildman–Crippen MR) is 110 cm³/mol. The van der Waals surface area contributed by atoms with Gasteiger partial charge >= 0.3 is 5.97 Å². The SMILES string of the molecule is CCC(=O)c1ccc(OCC(=O)OCC(=O)N[C@H](C)c2ccc(C)c(C)c2)cc1. The lowest BCUT2D eigenvalue weighted by Gasteiger charge is -2.16. The average molecular weight is 397 g/mol. The van der Waals surface area contributed by atoms with Crippen molar-refractivity contribution in [3.63, 3.8) is 0 Å². The molecule has 0 aromatic heterocycles. The van der Waals surface area contributed by atoms with Crippen molar-refractivity contribution in [1.29, 1.82) is 0 Å². The number of hydrogen-bond donors (Lipinski definition) is 1. The van der Waals surface area contributed by atoms with Gasteiger partial charge in [0.15, 0.2) is 19.0 Å². The predicted octanol–water partition coefficient (Wildman–Crippen LogP) is 3.70. The molecular formula is C23H27NO5. The fraction of sp³-hybridized carbons (Fsp3) is 0.348. The lowest BCUT2D eigenvalue weighted by Crippen LogP contribution is -2.32. The van der Waals surface area contributed by atoms with Crippen molar-refractivity contribution in [1.82, 2.24) is 5.32 Å². The summed E-state index contributed by atoms with van der Waals surface area (Å²) in [5, 5.41) is 2.81. The topological polar surface area (TPSA) is 81.7 Å². The normalized spacial score (nSPS) is 11.4. The number of nitrogens with one attached hydrogen (secondary N) is 1. The van der Waals surface area contributed by atoms with Crippen LogP contribution in [0.2, 0.25) is 0 Å². The third kappa shape index (κ3) is 6.75. The van der Waals surface area contributed by atoms with E-state index in [0.717, 1.165) is 11.1 Å². The van der Waals surface area contributed by atoms with E-state index >= 15 is 0 Å². The van der Waals surface area contributed by atoms with E-state index in [2.05, 4.69) is 5.32 Å². The summed E-state index contributed by atoms with van der Waals surface area (Å²) in [6, 6.07) is 12.3. The number of carbonyl (C=O) groups excluding carboxylic acids is 3. The highest BCUT2D eigenvalue weighted by atomic mass is 16.6. The van der Waals surface area contributed by atoms with Gasteiger partial charge in [-0.15, -0.1) is 0 Å². The summed E-state index contributed by atoms with van der Waals surface area (Å²) >= 11 is 0. The van der Waals surface area contributed by atoms with Gasteiger partial charge in [-0.25, -0.2) is 4.79 Å². The Morgan fingerprint density at radius 3 is 2.28 bits per heavy atom. The zero-order valence-electron chi connectivity index (χ0n) is 17.3. The van der Waals surface area contributed by atoms with Gasteiger partial charge in [0.05, 0.1) is 6.04 Å². The lowest BCUT2D eigenvalue weighted by molar-refractivity contribution is -0.150. The molecule has 154 valence electrons. The molecule has 0 spiro atoms. The Bertz CT molecular complexity index is 873. The molecule has 0 aliphatic rings. The van der Waals surface area contributed by atoms with Gasteiger partial charge in [-0.3, -0.25) is 9.59 Å². The van der Waals surface area contributed by atoms with E-state index in [1.165, 1.54) is 5.56 Å². The van der Waals surface area contributed by atoms with Gasteiger partial charge in [0.2, 0.25) is 0 Å². The average Bonchev–Trinajstić information content (AvgIpc) is 2.72. The Hall–Kier alpha value is -3.15. The van der Waals surface area contributed by atoms with E-state index in [1.807, 2.05) is 39.0 Å². The third-order valence-corrected chi connectivity index (χ3v) is 4.63. The number of benzene rings is 2. The fourth-order valence-corrected chi connectivity index (χ4v) is 2.67. The molecule has 0 saturated carbocycles. The number of esters is 1. The second-order valence-electron chi connectivity index (χ2n) is 6.88. The Labute approximate surface area is 171 Å². The molecule has 0 saturated heterocycles. The number of ketones is 1. The molecule has 6 heteroatoms. The van der Waals surface area contributed by atoms with Crippen LogP contribution in [0.4, 0.5) is 0 Å². The van der Waals surface area contributed by atoms with E-state index in [9.17, 15) is 14.4 Å². The summed E-state index contributed by atoms with van der Waals surface area (Å²) < 4.78 is 10.3. The second-order valence-corrected chi connectivity index (χ2v) is 6.88. The van der Waals surface area contributed by atoms with Crippen LogP contribution in [0.15, 0.2) is 42.5 Å². The molecule has 0 heterocycles. The lowest BCUT2D eigenvalue weighted by atomic mass is 10.0. The largest absolute Gasteiger partial charge is 0.482 e. The van der Waals surface area contributed by atoms with Crippen molar-refractivity contribution < 1.29 is 23.9 Å². The molecule has 0 aliphatic heterocycles. The van der Waals surface area contributed by atoms with Gasteiger partial charge in [0, 0.05) is 12.0 Å². The fourth-order valence-electron chi connectivity index (χ4n) is 2.67. The minimum absolute atomic E-state index is 0.0389. The maximum absolute atomic E-state index is 12.0. The smallest absolute Gasteiger partial charge is 0.344 e. The Kier molecular flexibility index (Phi) is 7.95. The number of amides is 1. The minimum atomic E-state index is -0.646. The van der Waals surface area contributed by atoms with Gasteiger partial charge in [0.1, 0.15) is 5.75 Å². The number of Topliss-reactive ketones (excluding diaryl/α,β-unsaturated/α-hetero) is 1. The molecule has 1 amide bonds. The van der Waals surface area contributed by atoms with Crippen LogP contribution in [-0.2, 0) is 14.3 Å². The first-order chi connectivity index (χ1) is 13.8. The number of aryl methyl sites for hydroxylation is 2. The van der Waals surface area contributed by atoms with E-state index in [4.69, 9.17) is 9.47 Å². The van der Waals surface area contributed by atoms with Crippen molar-refractivity contribution in [2.45, 2.75) is 40.2 Å². The standard InChI is InChI=1S/C23H27NO5/c1-5-21(25)18-8-10-20(11-9-18)28-14-23(27)29-13-22(26)24-17(4)19-7-6-15(2)16(3)12-19/h6-12,17H,5,13-14H2,1-4H3,(H,24,26)/t17-/m1/s1. The summed E-state index contributed by atoms with van der Waals surface area (Å²) in [5.41, 5.74) is 3.92. The van der Waals surface area contributed by atoms with Crippen LogP contribution in [0.5, 0.6) is 5.75 Å². The molecule has 2 rings (SSSR count). The number of rotatable bonds is 9. The van der Waals surface area contributed by atoms with Crippen molar-refractivity contribution in [3.05, 3.63) is 64.7 Å². The zero-order chi connectivity index (χ0) is 21.4. The van der Waals surface area contributed by atoms with Gasteiger partial charge in [-0.2, -0.15) is 0 Å². The highest BCUT2D eigenvalue weighted by Gasteiger charge is 2.13. The molecule has 1 N–H and O–H groups in total. The van der Waals surface area contributed by atoms with Crippen molar-refractivity contribution in [2.75, 3.05) is 13.2 Å². The minimum Gasteiger partial charge on any atom is -0.482 e. The summed E-state index contributed by atoms with van der Waals surface area (Å²) in [6.45, 7) is 7.02. The van der Waals surface area contributed by atoms with E-state index < -0.39 is 5.97 Å². The van der Waals surface area contributed by atoms with Gasteiger partial charge < -0.3 is 14.8 Å². The van der Waals surface area contributed by atoms with Crippen LogP contribution in [0.1, 0.15) is 53.4 Å². The summed E-state index contributed by atoms with van der Waals surface area (Å²) in [6.07, 6.45) is 0.427. The first kappa shape index (κ1) is 22.1. The van der Waals surface area contributed by atoms with E-state index in [-0.39, 0.29) is 30.9 Å². The van der Waals surface area contributed by atoms with Crippen LogP contribution in [0.3, 0.4) is 0 Å². The first-order valence-corrected chi connectivity index (χ1v) is 9.58. The van der Waals surface area contributed by atoms with Crippen LogP contribution in [0.25, 0.3) is 0 Å². The maximum Gasteiger partial charge on any atom is 0.344 e. The van der Waals surface area contributed by atoms with E-state index in [1.54, 1.807) is 31.2 Å². The highest BCUT2D eigenvalue weighted by molar-refractivity contribution is 5.95. The molecule has 0 unspecified atom stereocenters. The van der Waals surface area contributed by atoms with Crippen LogP contribution in [-0.4, -0.2) is 30.9 Å². The molecule has 2 aromatic rings. The van der Waals surface area contributed by atoms with Crippen molar-refractivity contribution in [3.8, 4) is 5.75 Å². The zero-order valence-corrected chi connectivity index (χ0v) is 17.3. The Balaban J connectivity index is 1.74. The second kappa shape index (κ2) is 10.4. The summed E-state index contributed by atoms with van der Waals surface area (Å²) in [5.74, 6) is -0.543. The maximum atomic E-state index is 12.0. The number of ether oxygens (including phenoxy) is 2. The summed E-state index contributed by atoms with van der Waals surface area (Å²) in [7, 11) is 0. The molecule has 0 radical (unpaired) electrons. The Morgan fingerprint density at radius 2 is 1.66 bits per heavy atom. The number of carbonyl (C=O) groups is 3. The van der Waals surface area contributed by atoms with Crippen LogP contribution < -0.4 is 10.1 Å². The molecule has 0 bridgehead atoms. The third-order valence-electron chi connectivity index (χ3n) is 4.63. The Morgan fingerprint density at radius 1 is 0.966 bits per heavy atom. The highest BCUT2D eigenvalue weighted by Crippen LogP contribution is 2.17.